The van der Waals surface area contributed by atoms with Crippen LogP contribution in [0.3, 0.4) is 0 Å². The monoisotopic (exact) mass is 228 g/mol. The van der Waals surface area contributed by atoms with E-state index in [1.807, 2.05) is 6.92 Å². The second-order valence-corrected chi connectivity index (χ2v) is 4.60. The van der Waals surface area contributed by atoms with E-state index < -0.39 is 0 Å². The van der Waals surface area contributed by atoms with Crippen LogP contribution in [0.1, 0.15) is 13.8 Å². The van der Waals surface area contributed by atoms with E-state index in [1.54, 1.807) is 0 Å². The number of carbonyl (C=O) groups excluding carboxylic acids is 1. The minimum atomic E-state index is -0.256. The molecule has 0 aliphatic carbocycles. The molecule has 94 valence electrons. The van der Waals surface area contributed by atoms with Crippen molar-refractivity contribution in [2.45, 2.75) is 25.9 Å². The van der Waals surface area contributed by atoms with E-state index in [0.29, 0.717) is 6.04 Å². The number of nitrogens with one attached hydrogen (secondary N) is 1. The number of primary amides is 1. The fourth-order valence-corrected chi connectivity index (χ4v) is 2.05. The van der Waals surface area contributed by atoms with Gasteiger partial charge in [-0.2, -0.15) is 0 Å². The second-order valence-electron chi connectivity index (χ2n) is 4.60. The molecule has 0 saturated carbocycles. The molecule has 0 aromatic rings. The minimum Gasteiger partial charge on any atom is -0.368 e. The average Bonchev–Trinajstić information content (AvgIpc) is 2.22. The van der Waals surface area contributed by atoms with Crippen molar-refractivity contribution >= 4 is 5.91 Å². The van der Waals surface area contributed by atoms with Crippen molar-refractivity contribution in [1.82, 2.24) is 15.1 Å². The number of piperazine rings is 1. The van der Waals surface area contributed by atoms with Gasteiger partial charge in [-0.05, 0) is 20.5 Å². The molecule has 2 atom stereocenters. The zero-order valence-electron chi connectivity index (χ0n) is 10.6. The molecular formula is C11H24N4O. The molecule has 0 bridgehead atoms. The van der Waals surface area contributed by atoms with Crippen LogP contribution in [-0.4, -0.2) is 67.6 Å². The molecule has 2 unspecified atom stereocenters. The van der Waals surface area contributed by atoms with Crippen molar-refractivity contribution in [1.29, 1.82) is 0 Å². The summed E-state index contributed by atoms with van der Waals surface area (Å²) in [6.45, 7) is 8.76. The summed E-state index contributed by atoms with van der Waals surface area (Å²) in [5.41, 5.74) is 5.36. The largest absolute Gasteiger partial charge is 0.368 e. The van der Waals surface area contributed by atoms with Gasteiger partial charge in [0, 0.05) is 32.2 Å². The van der Waals surface area contributed by atoms with Crippen LogP contribution in [0.15, 0.2) is 0 Å². The molecule has 5 nitrogen and oxygen atoms in total. The highest BCUT2D eigenvalue weighted by molar-refractivity contribution is 5.80. The van der Waals surface area contributed by atoms with Crippen LogP contribution < -0.4 is 11.1 Å². The highest BCUT2D eigenvalue weighted by atomic mass is 16.1. The number of hydrogen-bond donors (Lipinski definition) is 2. The van der Waals surface area contributed by atoms with E-state index in [4.69, 9.17) is 5.73 Å². The Morgan fingerprint density at radius 3 is 2.75 bits per heavy atom. The fraction of sp³-hybridized carbons (Fsp3) is 0.909. The average molecular weight is 228 g/mol. The Labute approximate surface area is 98.0 Å². The van der Waals surface area contributed by atoms with Crippen LogP contribution >= 0.6 is 0 Å². The molecule has 16 heavy (non-hydrogen) atoms. The quantitative estimate of drug-likeness (QED) is 0.639. The molecular weight excluding hydrogens is 204 g/mol. The summed E-state index contributed by atoms with van der Waals surface area (Å²) in [6, 6.07) is 0.324. The van der Waals surface area contributed by atoms with Crippen molar-refractivity contribution in [2.75, 3.05) is 39.8 Å². The zero-order chi connectivity index (χ0) is 12.1. The summed E-state index contributed by atoms with van der Waals surface area (Å²) in [7, 11) is 2.14. The smallest absolute Gasteiger partial charge is 0.235 e. The highest BCUT2D eigenvalue weighted by Gasteiger charge is 2.24. The van der Waals surface area contributed by atoms with E-state index in [0.717, 1.165) is 32.7 Å². The van der Waals surface area contributed by atoms with Gasteiger partial charge < -0.3 is 16.0 Å². The first-order valence-electron chi connectivity index (χ1n) is 5.99. The predicted octanol–water partition coefficient (Wildman–Crippen LogP) is -0.914. The minimum absolute atomic E-state index is 0.222. The first kappa shape index (κ1) is 13.4. The normalized spacial score (nSPS) is 25.6. The van der Waals surface area contributed by atoms with Gasteiger partial charge in [0.1, 0.15) is 0 Å². The van der Waals surface area contributed by atoms with Crippen molar-refractivity contribution in [3.63, 3.8) is 0 Å². The Hall–Kier alpha value is -0.650. The summed E-state index contributed by atoms with van der Waals surface area (Å²) in [5.74, 6) is -0.256. The maximum absolute atomic E-state index is 11.2. The van der Waals surface area contributed by atoms with E-state index in [2.05, 4.69) is 29.1 Å². The molecule has 1 aliphatic rings. The second kappa shape index (κ2) is 6.18. The topological polar surface area (TPSA) is 61.6 Å². The number of hydrogen-bond acceptors (Lipinski definition) is 4. The molecule has 1 fully saturated rings. The first-order chi connectivity index (χ1) is 7.54. The molecule has 1 saturated heterocycles. The van der Waals surface area contributed by atoms with E-state index in [-0.39, 0.29) is 11.9 Å². The van der Waals surface area contributed by atoms with Gasteiger partial charge in [0.2, 0.25) is 5.91 Å². The standard InChI is InChI=1S/C11H24N4O/c1-4-13-10(11(12)16)8-15-6-5-14(3)9(2)7-15/h9-10,13H,4-8H2,1-3H3,(H2,12,16). The molecule has 0 aromatic heterocycles. The van der Waals surface area contributed by atoms with Crippen LogP contribution in [0.4, 0.5) is 0 Å². The van der Waals surface area contributed by atoms with Crippen LogP contribution in [0.2, 0.25) is 0 Å². The highest BCUT2D eigenvalue weighted by Crippen LogP contribution is 2.07. The molecule has 1 amide bonds. The Kier molecular flexibility index (Phi) is 5.18. The number of nitrogens with zero attached hydrogens (tertiary/aromatic N) is 2. The van der Waals surface area contributed by atoms with Crippen molar-refractivity contribution < 1.29 is 4.79 Å². The summed E-state index contributed by atoms with van der Waals surface area (Å²) >= 11 is 0. The van der Waals surface area contributed by atoms with Crippen LogP contribution in [0, 0.1) is 0 Å². The number of carbonyl (C=O) groups is 1. The van der Waals surface area contributed by atoms with Gasteiger partial charge in [-0.15, -0.1) is 0 Å². The lowest BCUT2D eigenvalue weighted by Gasteiger charge is -2.38. The number of nitrogens with two attached hydrogens (primary N) is 1. The summed E-state index contributed by atoms with van der Waals surface area (Å²) < 4.78 is 0. The van der Waals surface area contributed by atoms with Crippen molar-refractivity contribution in [2.24, 2.45) is 5.73 Å². The lowest BCUT2D eigenvalue weighted by atomic mass is 10.1. The van der Waals surface area contributed by atoms with E-state index in [9.17, 15) is 4.79 Å². The Morgan fingerprint density at radius 1 is 1.56 bits per heavy atom. The predicted molar refractivity (Wildman–Crippen MR) is 65.2 cm³/mol. The molecule has 0 spiro atoms. The van der Waals surface area contributed by atoms with Crippen LogP contribution in [0.25, 0.3) is 0 Å². The Balaban J connectivity index is 2.43. The summed E-state index contributed by atoms with van der Waals surface area (Å²) in [5, 5.41) is 3.13. The van der Waals surface area contributed by atoms with Gasteiger partial charge in [0.15, 0.2) is 0 Å². The number of amides is 1. The maximum atomic E-state index is 11.2. The first-order valence-corrected chi connectivity index (χ1v) is 5.99. The van der Waals surface area contributed by atoms with Gasteiger partial charge in [-0.1, -0.05) is 6.92 Å². The fourth-order valence-electron chi connectivity index (χ4n) is 2.05. The SMILES string of the molecule is CCNC(CN1CCN(C)C(C)C1)C(N)=O. The third-order valence-corrected chi connectivity index (χ3v) is 3.28. The molecule has 5 heteroatoms. The lowest BCUT2D eigenvalue weighted by Crippen LogP contribution is -2.56. The molecule has 0 radical (unpaired) electrons. The number of rotatable bonds is 5. The Morgan fingerprint density at radius 2 is 2.25 bits per heavy atom. The van der Waals surface area contributed by atoms with Crippen LogP contribution in [0.5, 0.6) is 0 Å². The molecule has 1 aliphatic heterocycles. The summed E-state index contributed by atoms with van der Waals surface area (Å²) in [6.07, 6.45) is 0. The van der Waals surface area contributed by atoms with E-state index in [1.165, 1.54) is 0 Å². The molecule has 1 rings (SSSR count). The van der Waals surface area contributed by atoms with Gasteiger partial charge in [-0.25, -0.2) is 0 Å². The van der Waals surface area contributed by atoms with Gasteiger partial charge >= 0.3 is 0 Å². The van der Waals surface area contributed by atoms with Gasteiger partial charge in [0.05, 0.1) is 6.04 Å². The number of likely N-dealkylation sites (N-methyl/N-ethyl adjacent to an activating group) is 2. The third-order valence-electron chi connectivity index (χ3n) is 3.28. The van der Waals surface area contributed by atoms with Crippen molar-refractivity contribution in [3.05, 3.63) is 0 Å². The third kappa shape index (κ3) is 3.73. The zero-order valence-corrected chi connectivity index (χ0v) is 10.6. The van der Waals surface area contributed by atoms with Gasteiger partial charge in [-0.3, -0.25) is 9.69 Å². The van der Waals surface area contributed by atoms with Gasteiger partial charge in [0.25, 0.3) is 0 Å². The van der Waals surface area contributed by atoms with E-state index >= 15 is 0 Å². The maximum Gasteiger partial charge on any atom is 0.235 e. The molecule has 1 heterocycles. The lowest BCUT2D eigenvalue weighted by molar-refractivity contribution is -0.120. The summed E-state index contributed by atoms with van der Waals surface area (Å²) in [4.78, 5) is 15.9. The van der Waals surface area contributed by atoms with Crippen molar-refractivity contribution in [3.8, 4) is 0 Å². The molecule has 3 N–H and O–H groups in total. The molecule has 0 aromatic carbocycles. The Bertz CT molecular complexity index is 234. The van der Waals surface area contributed by atoms with Crippen LogP contribution in [-0.2, 0) is 4.79 Å².